The van der Waals surface area contributed by atoms with E-state index in [1.54, 1.807) is 6.26 Å². The number of aromatic nitrogens is 2. The predicted molar refractivity (Wildman–Crippen MR) is 131 cm³/mol. The molecule has 3 aromatic heterocycles. The Bertz CT molecular complexity index is 1440. The summed E-state index contributed by atoms with van der Waals surface area (Å²) >= 11 is 0. The molecule has 5 rings (SSSR count). The van der Waals surface area contributed by atoms with Gasteiger partial charge in [-0.05, 0) is 74.6 Å². The molecule has 6 nitrogen and oxygen atoms in total. The molecule has 1 aliphatic carbocycles. The molecular weight excluding hydrogens is 428 g/mol. The molecule has 0 saturated heterocycles. The number of allylic oxidation sites excluding steroid dienone is 1. The monoisotopic (exact) mass is 454 g/mol. The van der Waals surface area contributed by atoms with Gasteiger partial charge in [0.2, 0.25) is 5.78 Å². The minimum atomic E-state index is -0.493. The molecule has 0 atom stereocenters. The number of rotatable bonds is 5. The van der Waals surface area contributed by atoms with Crippen LogP contribution in [0.25, 0.3) is 22.6 Å². The van der Waals surface area contributed by atoms with Gasteiger partial charge >= 0.3 is 5.97 Å². The summed E-state index contributed by atoms with van der Waals surface area (Å²) in [6.07, 6.45) is 6.08. The number of carbonyl (C=O) groups excluding carboxylic acids is 2. The van der Waals surface area contributed by atoms with E-state index >= 15 is 0 Å². The van der Waals surface area contributed by atoms with Crippen molar-refractivity contribution >= 4 is 34.3 Å². The molecule has 172 valence electrons. The van der Waals surface area contributed by atoms with E-state index in [9.17, 15) is 9.59 Å². The first kappa shape index (κ1) is 21.9. The van der Waals surface area contributed by atoms with Gasteiger partial charge in [0.15, 0.2) is 6.61 Å². The topological polar surface area (TPSA) is 74.3 Å². The van der Waals surface area contributed by atoms with Crippen molar-refractivity contribution in [3.63, 3.8) is 0 Å². The minimum Gasteiger partial charge on any atom is -0.465 e. The van der Waals surface area contributed by atoms with Gasteiger partial charge in [-0.25, -0.2) is 9.78 Å². The summed E-state index contributed by atoms with van der Waals surface area (Å²) in [5.41, 5.74) is 6.34. The second-order valence-electron chi connectivity index (χ2n) is 8.71. The van der Waals surface area contributed by atoms with Crippen LogP contribution in [0, 0.1) is 13.8 Å². The average Bonchev–Trinajstić information content (AvgIpc) is 3.45. The summed E-state index contributed by atoms with van der Waals surface area (Å²) in [6, 6.07) is 13.1. The maximum Gasteiger partial charge on any atom is 0.339 e. The van der Waals surface area contributed by atoms with E-state index in [1.165, 1.54) is 0 Å². The lowest BCUT2D eigenvalue weighted by Crippen LogP contribution is -2.19. The predicted octanol–water partition coefficient (Wildman–Crippen LogP) is 5.70. The van der Waals surface area contributed by atoms with Crippen LogP contribution in [0.3, 0.4) is 0 Å². The molecule has 0 aliphatic heterocycles. The number of furan rings is 1. The Morgan fingerprint density at radius 3 is 2.71 bits per heavy atom. The van der Waals surface area contributed by atoms with E-state index in [4.69, 9.17) is 14.1 Å². The Morgan fingerprint density at radius 2 is 1.97 bits per heavy atom. The Balaban J connectivity index is 1.52. The van der Waals surface area contributed by atoms with Crippen LogP contribution >= 0.6 is 0 Å². The maximum atomic E-state index is 13.4. The maximum absolute atomic E-state index is 13.4. The Kier molecular flexibility index (Phi) is 5.65. The molecule has 0 bridgehead atoms. The number of nitrogens with zero attached hydrogens (tertiary/aromatic N) is 2. The van der Waals surface area contributed by atoms with Crippen molar-refractivity contribution in [3.8, 4) is 0 Å². The number of fused-ring (bicyclic) bond motifs is 2. The lowest BCUT2D eigenvalue weighted by molar-refractivity contribution is 0.0475. The molecule has 0 N–H and O–H groups in total. The number of hydrogen-bond acceptors (Lipinski definition) is 5. The van der Waals surface area contributed by atoms with Crippen LogP contribution in [-0.2, 0) is 18.2 Å². The van der Waals surface area contributed by atoms with Crippen LogP contribution in [0.4, 0.5) is 0 Å². The van der Waals surface area contributed by atoms with Gasteiger partial charge < -0.3 is 13.7 Å². The number of esters is 1. The van der Waals surface area contributed by atoms with Crippen molar-refractivity contribution in [2.24, 2.45) is 7.05 Å². The fraction of sp³-hybridized carbons (Fsp3) is 0.250. The zero-order valence-electron chi connectivity index (χ0n) is 19.6. The van der Waals surface area contributed by atoms with E-state index in [-0.39, 0.29) is 12.4 Å². The van der Waals surface area contributed by atoms with Crippen molar-refractivity contribution in [3.05, 3.63) is 88.3 Å². The van der Waals surface area contributed by atoms with Crippen LogP contribution < -0.4 is 0 Å². The van der Waals surface area contributed by atoms with Gasteiger partial charge in [0.05, 0.1) is 23.0 Å². The highest BCUT2D eigenvalue weighted by Crippen LogP contribution is 2.36. The molecule has 1 aliphatic rings. The lowest BCUT2D eigenvalue weighted by Gasteiger charge is -2.22. The average molecular weight is 455 g/mol. The molecule has 1 aromatic carbocycles. The Hall–Kier alpha value is -3.93. The normalized spacial score (nSPS) is 14.4. The summed E-state index contributed by atoms with van der Waals surface area (Å²) in [4.78, 5) is 31.1. The quantitative estimate of drug-likeness (QED) is 0.286. The van der Waals surface area contributed by atoms with Gasteiger partial charge in [0.1, 0.15) is 5.76 Å². The summed E-state index contributed by atoms with van der Waals surface area (Å²) in [6.45, 7) is 3.53. The molecule has 3 heterocycles. The van der Waals surface area contributed by atoms with E-state index < -0.39 is 5.97 Å². The number of pyridine rings is 1. The van der Waals surface area contributed by atoms with Crippen molar-refractivity contribution < 1.29 is 18.7 Å². The highest BCUT2D eigenvalue weighted by Gasteiger charge is 2.27. The van der Waals surface area contributed by atoms with Gasteiger partial charge in [-0.1, -0.05) is 18.2 Å². The molecule has 0 fully saturated rings. The summed E-state index contributed by atoms with van der Waals surface area (Å²) in [7, 11) is 1.91. The second-order valence-corrected chi connectivity index (χ2v) is 8.71. The van der Waals surface area contributed by atoms with E-state index in [0.29, 0.717) is 11.1 Å². The number of benzene rings is 1. The van der Waals surface area contributed by atoms with E-state index in [0.717, 1.165) is 64.1 Å². The second kappa shape index (κ2) is 8.78. The molecular formula is C28H26N2O4. The zero-order valence-corrected chi connectivity index (χ0v) is 19.6. The lowest BCUT2D eigenvalue weighted by atomic mass is 9.86. The standard InChI is InChI=1S/C28H26N2O4/c1-17-14-23(18(2)30(17)3)25(31)16-34-28(32)26-21-10-4-5-12-24(21)29-27-19(8-6-11-22(26)27)15-20-9-7-13-33-20/h4-5,7,9-10,12-15H,6,8,11,16H2,1-3H3. The Morgan fingerprint density at radius 1 is 1.15 bits per heavy atom. The number of ketones is 1. The third-order valence-electron chi connectivity index (χ3n) is 6.64. The molecule has 34 heavy (non-hydrogen) atoms. The number of aryl methyl sites for hydroxylation is 1. The zero-order chi connectivity index (χ0) is 23.8. The van der Waals surface area contributed by atoms with Crippen molar-refractivity contribution in [2.45, 2.75) is 33.1 Å². The number of para-hydroxylation sites is 1. The van der Waals surface area contributed by atoms with Crippen molar-refractivity contribution in [1.29, 1.82) is 0 Å². The van der Waals surface area contributed by atoms with Gasteiger partial charge in [-0.2, -0.15) is 0 Å². The summed E-state index contributed by atoms with van der Waals surface area (Å²) in [5.74, 6) is 0.0500. The summed E-state index contributed by atoms with van der Waals surface area (Å²) in [5, 5.41) is 0.740. The first-order valence-corrected chi connectivity index (χ1v) is 11.4. The first-order chi connectivity index (χ1) is 16.4. The smallest absolute Gasteiger partial charge is 0.339 e. The molecule has 0 radical (unpaired) electrons. The fourth-order valence-electron chi connectivity index (χ4n) is 4.67. The van der Waals surface area contributed by atoms with Crippen LogP contribution in [0.5, 0.6) is 0 Å². The molecule has 0 unspecified atom stereocenters. The minimum absolute atomic E-state index is 0.208. The third kappa shape index (κ3) is 3.85. The van der Waals surface area contributed by atoms with Gasteiger partial charge in [0, 0.05) is 29.4 Å². The number of Topliss-reactive ketones (excluding diaryl/α,β-unsaturated/α-hetero) is 1. The van der Waals surface area contributed by atoms with Gasteiger partial charge in [-0.3, -0.25) is 4.79 Å². The molecule has 0 spiro atoms. The van der Waals surface area contributed by atoms with Crippen LogP contribution in [0.2, 0.25) is 0 Å². The number of ether oxygens (including phenoxy) is 1. The SMILES string of the molecule is Cc1cc(C(=O)COC(=O)c2c3c(nc4ccccc24)C(=Cc2ccco2)CCC3)c(C)n1C. The number of hydrogen-bond donors (Lipinski definition) is 0. The highest BCUT2D eigenvalue weighted by atomic mass is 16.5. The highest BCUT2D eigenvalue weighted by molar-refractivity contribution is 6.08. The Labute approximate surface area is 197 Å². The summed E-state index contributed by atoms with van der Waals surface area (Å²) < 4.78 is 13.1. The molecule has 0 amide bonds. The largest absolute Gasteiger partial charge is 0.465 e. The van der Waals surface area contributed by atoms with E-state index in [2.05, 4.69) is 0 Å². The molecule has 4 aromatic rings. The van der Waals surface area contributed by atoms with E-state index in [1.807, 2.05) is 74.0 Å². The van der Waals surface area contributed by atoms with Crippen LogP contribution in [-0.4, -0.2) is 27.9 Å². The molecule has 6 heteroatoms. The van der Waals surface area contributed by atoms with Crippen LogP contribution in [0.15, 0.2) is 53.1 Å². The van der Waals surface area contributed by atoms with Crippen molar-refractivity contribution in [2.75, 3.05) is 6.61 Å². The molecule has 0 saturated carbocycles. The van der Waals surface area contributed by atoms with Crippen LogP contribution in [0.1, 0.15) is 62.0 Å². The van der Waals surface area contributed by atoms with Gasteiger partial charge in [0.25, 0.3) is 0 Å². The number of carbonyl (C=O) groups is 2. The fourth-order valence-corrected chi connectivity index (χ4v) is 4.67. The van der Waals surface area contributed by atoms with Crippen molar-refractivity contribution in [1.82, 2.24) is 9.55 Å². The third-order valence-corrected chi connectivity index (χ3v) is 6.64. The first-order valence-electron chi connectivity index (χ1n) is 11.4. The van der Waals surface area contributed by atoms with Gasteiger partial charge in [-0.15, -0.1) is 0 Å².